The van der Waals surface area contributed by atoms with Crippen LogP contribution in [-0.2, 0) is 27.4 Å². The molecule has 7 heteroatoms. The van der Waals surface area contributed by atoms with Crippen LogP contribution in [0.3, 0.4) is 0 Å². The molecule has 0 aliphatic rings. The third kappa shape index (κ3) is 9.10. The Bertz CT molecular complexity index is 1110. The van der Waals surface area contributed by atoms with Crippen LogP contribution < -0.4 is 4.74 Å². The van der Waals surface area contributed by atoms with Crippen molar-refractivity contribution >= 4 is 11.8 Å². The van der Waals surface area contributed by atoms with Gasteiger partial charge in [0.1, 0.15) is 5.75 Å². The first-order valence-corrected chi connectivity index (χ1v) is 12.9. The molecule has 0 unspecified atom stereocenters. The summed E-state index contributed by atoms with van der Waals surface area (Å²) in [6.07, 6.45) is 3.92. The maximum atomic E-state index is 13.5. The van der Waals surface area contributed by atoms with Crippen LogP contribution in [-0.4, -0.2) is 66.1 Å². The first kappa shape index (κ1) is 28.0. The van der Waals surface area contributed by atoms with Crippen molar-refractivity contribution in [1.29, 1.82) is 0 Å². The van der Waals surface area contributed by atoms with E-state index in [1.54, 1.807) is 19.2 Å². The van der Waals surface area contributed by atoms with Crippen LogP contribution >= 0.6 is 0 Å². The molecule has 0 fully saturated rings. The molecule has 0 spiro atoms. The maximum absolute atomic E-state index is 13.5. The van der Waals surface area contributed by atoms with Gasteiger partial charge in [-0.1, -0.05) is 61.4 Å². The van der Waals surface area contributed by atoms with E-state index in [4.69, 9.17) is 9.47 Å². The van der Waals surface area contributed by atoms with Crippen LogP contribution in [0.4, 0.5) is 0 Å². The van der Waals surface area contributed by atoms with E-state index < -0.39 is 0 Å². The first-order chi connectivity index (χ1) is 18.0. The van der Waals surface area contributed by atoms with Crippen molar-refractivity contribution < 1.29 is 19.1 Å². The fraction of sp³-hybridized carbons (Fsp3) is 0.400. The van der Waals surface area contributed by atoms with Crippen molar-refractivity contribution in [3.8, 4) is 5.75 Å². The molecule has 1 aromatic heterocycles. The Morgan fingerprint density at radius 2 is 1.73 bits per heavy atom. The van der Waals surface area contributed by atoms with Gasteiger partial charge in [0.05, 0.1) is 19.7 Å². The highest BCUT2D eigenvalue weighted by Gasteiger charge is 2.22. The monoisotopic (exact) mass is 505 g/mol. The van der Waals surface area contributed by atoms with Gasteiger partial charge in [-0.2, -0.15) is 0 Å². The largest absolute Gasteiger partial charge is 0.484 e. The Balaban J connectivity index is 1.68. The van der Waals surface area contributed by atoms with E-state index in [9.17, 15) is 9.59 Å². The predicted molar refractivity (Wildman–Crippen MR) is 145 cm³/mol. The molecule has 37 heavy (non-hydrogen) atoms. The number of carbonyl (C=O) groups excluding carboxylic acids is 2. The molecule has 0 atom stereocenters. The van der Waals surface area contributed by atoms with Crippen LogP contribution in [0.5, 0.6) is 5.75 Å². The number of aromatic nitrogens is 1. The van der Waals surface area contributed by atoms with Gasteiger partial charge in [-0.15, -0.1) is 0 Å². The van der Waals surface area contributed by atoms with Crippen molar-refractivity contribution in [2.75, 3.05) is 40.0 Å². The van der Waals surface area contributed by atoms with Gasteiger partial charge in [-0.25, -0.2) is 0 Å². The highest BCUT2D eigenvalue weighted by molar-refractivity contribution is 5.85. The normalized spacial score (nSPS) is 10.8. The molecule has 2 aromatic carbocycles. The average molecular weight is 506 g/mol. The summed E-state index contributed by atoms with van der Waals surface area (Å²) in [4.78, 5) is 29.8. The lowest BCUT2D eigenvalue weighted by molar-refractivity contribution is -0.142. The molecule has 2 amide bonds. The lowest BCUT2D eigenvalue weighted by atomic mass is 10.1. The van der Waals surface area contributed by atoms with Gasteiger partial charge in [0.15, 0.2) is 6.61 Å². The third-order valence-corrected chi connectivity index (χ3v) is 6.20. The fourth-order valence-corrected chi connectivity index (χ4v) is 4.10. The summed E-state index contributed by atoms with van der Waals surface area (Å²) in [6, 6.07) is 21.7. The van der Waals surface area contributed by atoms with Gasteiger partial charge in [-0.05, 0) is 43.2 Å². The summed E-state index contributed by atoms with van der Waals surface area (Å²) >= 11 is 0. The highest BCUT2D eigenvalue weighted by Crippen LogP contribution is 2.14. The second kappa shape index (κ2) is 14.9. The van der Waals surface area contributed by atoms with Gasteiger partial charge < -0.3 is 23.8 Å². The number of methoxy groups -OCH3 is 1. The number of ether oxygens (including phenoxy) is 2. The van der Waals surface area contributed by atoms with Crippen molar-refractivity contribution in [2.24, 2.45) is 0 Å². The van der Waals surface area contributed by atoms with Crippen LogP contribution in [0.25, 0.3) is 0 Å². The molecule has 1 heterocycles. The molecule has 0 aliphatic carbocycles. The number of para-hydroxylation sites is 1. The van der Waals surface area contributed by atoms with Crippen molar-refractivity contribution in [1.82, 2.24) is 14.4 Å². The minimum absolute atomic E-state index is 0.0113. The van der Waals surface area contributed by atoms with E-state index in [1.165, 1.54) is 16.0 Å². The summed E-state index contributed by atoms with van der Waals surface area (Å²) in [5.41, 5.74) is 3.51. The zero-order valence-corrected chi connectivity index (χ0v) is 22.3. The number of rotatable bonds is 15. The Morgan fingerprint density at radius 1 is 0.919 bits per heavy atom. The number of hydrogen-bond acceptors (Lipinski definition) is 4. The van der Waals surface area contributed by atoms with Gasteiger partial charge in [0.25, 0.3) is 5.91 Å². The van der Waals surface area contributed by atoms with Crippen LogP contribution in [0, 0.1) is 6.92 Å². The molecule has 7 nitrogen and oxygen atoms in total. The Labute approximate surface area is 220 Å². The zero-order valence-electron chi connectivity index (χ0n) is 22.3. The SMILES string of the molecule is CCCCN(Cc1cccn1Cc1cccc(C)c1)C(=O)CN(CCOC)C(=O)COc1ccccc1. The number of amides is 2. The first-order valence-electron chi connectivity index (χ1n) is 12.9. The van der Waals surface area contributed by atoms with Gasteiger partial charge >= 0.3 is 0 Å². The fourth-order valence-electron chi connectivity index (χ4n) is 4.10. The Morgan fingerprint density at radius 3 is 2.46 bits per heavy atom. The van der Waals surface area contributed by atoms with E-state index in [-0.39, 0.29) is 25.0 Å². The molecule has 0 aliphatic heterocycles. The van der Waals surface area contributed by atoms with Crippen molar-refractivity contribution in [3.63, 3.8) is 0 Å². The summed E-state index contributed by atoms with van der Waals surface area (Å²) in [5, 5.41) is 0. The molecule has 0 saturated heterocycles. The van der Waals surface area contributed by atoms with Gasteiger partial charge in [0, 0.05) is 38.6 Å². The average Bonchev–Trinajstić information content (AvgIpc) is 3.34. The third-order valence-electron chi connectivity index (χ3n) is 6.20. The number of unbranched alkanes of at least 4 members (excludes halogenated alkanes) is 1. The molecule has 3 aromatic rings. The number of benzene rings is 2. The van der Waals surface area contributed by atoms with Crippen molar-refractivity contribution in [2.45, 2.75) is 39.8 Å². The topological polar surface area (TPSA) is 64.0 Å². The van der Waals surface area contributed by atoms with E-state index in [0.29, 0.717) is 32.0 Å². The van der Waals surface area contributed by atoms with E-state index in [0.717, 1.165) is 25.1 Å². The molecule has 0 N–H and O–H groups in total. The molecule has 0 bridgehead atoms. The molecule has 3 rings (SSSR count). The van der Waals surface area contributed by atoms with Crippen LogP contribution in [0.1, 0.15) is 36.6 Å². The summed E-state index contributed by atoms with van der Waals surface area (Å²) in [5.74, 6) is 0.293. The number of carbonyl (C=O) groups is 2. The smallest absolute Gasteiger partial charge is 0.261 e. The predicted octanol–water partition coefficient (Wildman–Crippen LogP) is 4.53. The summed E-state index contributed by atoms with van der Waals surface area (Å²) in [7, 11) is 1.58. The highest BCUT2D eigenvalue weighted by atomic mass is 16.5. The number of hydrogen-bond donors (Lipinski definition) is 0. The minimum atomic E-state index is -0.243. The molecule has 0 saturated carbocycles. The van der Waals surface area contributed by atoms with E-state index in [1.807, 2.05) is 29.2 Å². The lowest BCUT2D eigenvalue weighted by Crippen LogP contribution is -2.45. The lowest BCUT2D eigenvalue weighted by Gasteiger charge is -2.28. The second-order valence-electron chi connectivity index (χ2n) is 9.20. The number of nitrogens with zero attached hydrogens (tertiary/aromatic N) is 3. The van der Waals surface area contributed by atoms with Gasteiger partial charge in [-0.3, -0.25) is 9.59 Å². The molecule has 0 radical (unpaired) electrons. The summed E-state index contributed by atoms with van der Waals surface area (Å²) < 4.78 is 13.0. The van der Waals surface area contributed by atoms with Crippen molar-refractivity contribution in [3.05, 3.63) is 89.7 Å². The Hall–Kier alpha value is -3.58. The van der Waals surface area contributed by atoms with E-state index in [2.05, 4.69) is 54.9 Å². The Kier molecular flexibility index (Phi) is 11.2. The van der Waals surface area contributed by atoms with Crippen LogP contribution in [0.2, 0.25) is 0 Å². The molecular formula is C30H39N3O4. The molecular weight excluding hydrogens is 466 g/mol. The summed E-state index contributed by atoms with van der Waals surface area (Å²) in [6.45, 7) is 6.60. The minimum Gasteiger partial charge on any atom is -0.484 e. The molecule has 198 valence electrons. The quantitative estimate of drug-likeness (QED) is 0.305. The maximum Gasteiger partial charge on any atom is 0.261 e. The van der Waals surface area contributed by atoms with Crippen LogP contribution in [0.15, 0.2) is 72.9 Å². The van der Waals surface area contributed by atoms with Gasteiger partial charge in [0.2, 0.25) is 5.91 Å². The number of aryl methyl sites for hydroxylation is 1. The second-order valence-corrected chi connectivity index (χ2v) is 9.20. The zero-order chi connectivity index (χ0) is 26.5. The van der Waals surface area contributed by atoms with E-state index >= 15 is 0 Å². The standard InChI is InChI=1S/C30H39N3O4/c1-4-5-16-32(22-27-13-10-17-31(27)21-26-12-9-11-25(2)20-26)29(34)23-33(18-19-36-3)30(35)24-37-28-14-7-6-8-15-28/h6-15,17,20H,4-5,16,18-19,21-24H2,1-3H3.